The minimum atomic E-state index is -0.0810. The van der Waals surface area contributed by atoms with Crippen LogP contribution >= 0.6 is 0 Å². The summed E-state index contributed by atoms with van der Waals surface area (Å²) in [6, 6.07) is 0. The van der Waals surface area contributed by atoms with Gasteiger partial charge in [-0.2, -0.15) is 0 Å². The number of hydrogen-bond acceptors (Lipinski definition) is 1. The molecule has 4 aliphatic carbocycles. The topological polar surface area (TPSA) is 20.2 Å². The van der Waals surface area contributed by atoms with Crippen LogP contribution in [0.4, 0.5) is 0 Å². The molecule has 0 unspecified atom stereocenters. The lowest BCUT2D eigenvalue weighted by Gasteiger charge is -2.60. The van der Waals surface area contributed by atoms with Crippen LogP contribution in [0.15, 0.2) is 23.3 Å². The third-order valence-corrected chi connectivity index (χ3v) is 12.2. The molecule has 0 heterocycles. The summed E-state index contributed by atoms with van der Waals surface area (Å²) in [4.78, 5) is 0. The summed E-state index contributed by atoms with van der Waals surface area (Å²) in [5.41, 5.74) is 6.32. The van der Waals surface area contributed by atoms with Gasteiger partial charge in [0, 0.05) is 0 Å². The van der Waals surface area contributed by atoms with Crippen molar-refractivity contribution in [2.45, 2.75) is 125 Å². The van der Waals surface area contributed by atoms with E-state index in [0.29, 0.717) is 34.0 Å². The largest absolute Gasteiger partial charge is 0.393 e. The highest BCUT2D eigenvalue weighted by molar-refractivity contribution is 5.38. The van der Waals surface area contributed by atoms with Crippen LogP contribution in [0.5, 0.6) is 0 Å². The van der Waals surface area contributed by atoms with Crippen LogP contribution in [0.1, 0.15) is 119 Å². The Morgan fingerprint density at radius 1 is 1.03 bits per heavy atom. The molecule has 2 saturated carbocycles. The first kappa shape index (κ1) is 24.6. The lowest BCUT2D eigenvalue weighted by atomic mass is 9.45. The van der Waals surface area contributed by atoms with Gasteiger partial charge in [0.15, 0.2) is 0 Å². The van der Waals surface area contributed by atoms with Crippen molar-refractivity contribution < 1.29 is 5.11 Å². The Kier molecular flexibility index (Phi) is 6.59. The second-order valence-electron chi connectivity index (χ2n) is 13.4. The zero-order chi connectivity index (χ0) is 23.5. The van der Waals surface area contributed by atoms with Gasteiger partial charge in [0.1, 0.15) is 0 Å². The van der Waals surface area contributed by atoms with Gasteiger partial charge in [-0.05, 0) is 123 Å². The Labute approximate surface area is 199 Å². The van der Waals surface area contributed by atoms with E-state index in [-0.39, 0.29) is 6.10 Å². The van der Waals surface area contributed by atoms with Gasteiger partial charge in [0.2, 0.25) is 0 Å². The van der Waals surface area contributed by atoms with Crippen LogP contribution in [-0.2, 0) is 0 Å². The van der Waals surface area contributed by atoms with Gasteiger partial charge < -0.3 is 5.11 Å². The fourth-order valence-corrected chi connectivity index (χ4v) is 9.72. The number of rotatable bonds is 6. The summed E-state index contributed by atoms with van der Waals surface area (Å²) in [5, 5.41) is 10.6. The molecule has 2 fully saturated rings. The Morgan fingerprint density at radius 3 is 2.41 bits per heavy atom. The van der Waals surface area contributed by atoms with E-state index in [4.69, 9.17) is 0 Å². The summed E-state index contributed by atoms with van der Waals surface area (Å²) in [6.45, 7) is 21.6. The molecule has 0 aromatic carbocycles. The van der Waals surface area contributed by atoms with Crippen molar-refractivity contribution in [1.29, 1.82) is 0 Å². The molecule has 182 valence electrons. The molecular formula is C31H52O. The first-order valence-corrected chi connectivity index (χ1v) is 14.1. The van der Waals surface area contributed by atoms with Crippen LogP contribution in [-0.4, -0.2) is 11.2 Å². The van der Waals surface area contributed by atoms with Crippen LogP contribution in [0.25, 0.3) is 0 Å². The first-order valence-electron chi connectivity index (χ1n) is 14.1. The average Bonchev–Trinajstić information content (AvgIpc) is 3.02. The Bertz CT molecular complexity index is 762. The molecule has 32 heavy (non-hydrogen) atoms. The lowest BCUT2D eigenvalue weighted by Crippen LogP contribution is -2.51. The zero-order valence-corrected chi connectivity index (χ0v) is 22.4. The molecule has 1 nitrogen and oxygen atoms in total. The molecule has 1 heteroatoms. The van der Waals surface area contributed by atoms with Crippen molar-refractivity contribution in [3.05, 3.63) is 23.3 Å². The molecule has 4 aliphatic rings. The predicted octanol–water partition coefficient (Wildman–Crippen LogP) is 8.73. The molecule has 0 aromatic rings. The van der Waals surface area contributed by atoms with Gasteiger partial charge >= 0.3 is 0 Å². The summed E-state index contributed by atoms with van der Waals surface area (Å²) in [5.74, 6) is 3.52. The van der Waals surface area contributed by atoms with Crippen molar-refractivity contribution in [2.24, 2.45) is 45.8 Å². The first-order chi connectivity index (χ1) is 15.0. The van der Waals surface area contributed by atoms with E-state index in [1.807, 2.05) is 11.1 Å². The van der Waals surface area contributed by atoms with Crippen LogP contribution in [0.2, 0.25) is 0 Å². The van der Waals surface area contributed by atoms with Crippen molar-refractivity contribution in [1.82, 2.24) is 0 Å². The van der Waals surface area contributed by atoms with Crippen LogP contribution in [0.3, 0.4) is 0 Å². The summed E-state index contributed by atoms with van der Waals surface area (Å²) in [7, 11) is 0. The highest BCUT2D eigenvalue weighted by Crippen LogP contribution is 2.71. The third kappa shape index (κ3) is 3.50. The maximum absolute atomic E-state index is 10.6. The smallest absolute Gasteiger partial charge is 0.0569 e. The van der Waals surface area contributed by atoms with E-state index in [0.717, 1.165) is 18.3 Å². The molecule has 0 spiro atoms. The van der Waals surface area contributed by atoms with Gasteiger partial charge in [0.05, 0.1) is 6.10 Å². The van der Waals surface area contributed by atoms with Gasteiger partial charge in [0.25, 0.3) is 0 Å². The summed E-state index contributed by atoms with van der Waals surface area (Å²) in [6.07, 6.45) is 14.2. The average molecular weight is 441 g/mol. The van der Waals surface area contributed by atoms with Gasteiger partial charge in [-0.15, -0.1) is 0 Å². The highest BCUT2D eigenvalue weighted by Gasteiger charge is 2.62. The maximum atomic E-state index is 10.6. The lowest BCUT2D eigenvalue weighted by molar-refractivity contribution is -0.0413. The van der Waals surface area contributed by atoms with E-state index in [2.05, 4.69) is 55.0 Å². The van der Waals surface area contributed by atoms with Crippen molar-refractivity contribution in [3.8, 4) is 0 Å². The molecule has 4 rings (SSSR count). The van der Waals surface area contributed by atoms with Crippen molar-refractivity contribution in [3.63, 3.8) is 0 Å². The fraction of sp³-hybridized carbons (Fsp3) is 0.871. The molecule has 0 amide bonds. The predicted molar refractivity (Wildman–Crippen MR) is 137 cm³/mol. The highest BCUT2D eigenvalue weighted by atomic mass is 16.3. The summed E-state index contributed by atoms with van der Waals surface area (Å²) >= 11 is 0. The van der Waals surface area contributed by atoms with E-state index in [1.54, 1.807) is 0 Å². The Balaban J connectivity index is 1.59. The quantitative estimate of drug-likeness (QED) is 0.409. The molecule has 0 bridgehead atoms. The van der Waals surface area contributed by atoms with E-state index >= 15 is 0 Å². The SMILES string of the molecule is C=C(C)[C@@H](CC)CC[C@@H](C)[C@H]1CC[C@@]2(C)C3=C(CC[C@]12C)[C@@]1(C)CC[C@H](O)[C@@H](C)[C@@H]1CC3. The van der Waals surface area contributed by atoms with Gasteiger partial charge in [-0.1, -0.05) is 64.8 Å². The second kappa shape index (κ2) is 8.58. The molecular weight excluding hydrogens is 388 g/mol. The molecule has 0 aromatic heterocycles. The van der Waals surface area contributed by atoms with Gasteiger partial charge in [-0.25, -0.2) is 0 Å². The van der Waals surface area contributed by atoms with E-state index in [9.17, 15) is 5.11 Å². The molecule has 0 radical (unpaired) electrons. The number of aliphatic hydroxyl groups excluding tert-OH is 1. The number of fused-ring (bicyclic) bond motifs is 4. The van der Waals surface area contributed by atoms with Gasteiger partial charge in [-0.3, -0.25) is 0 Å². The zero-order valence-electron chi connectivity index (χ0n) is 22.4. The van der Waals surface area contributed by atoms with Crippen molar-refractivity contribution in [2.75, 3.05) is 0 Å². The van der Waals surface area contributed by atoms with E-state index < -0.39 is 0 Å². The normalized spacial score (nSPS) is 45.6. The number of aliphatic hydroxyl groups is 1. The van der Waals surface area contributed by atoms with Crippen LogP contribution < -0.4 is 0 Å². The Hall–Kier alpha value is -0.560. The maximum Gasteiger partial charge on any atom is 0.0569 e. The molecule has 0 aliphatic heterocycles. The molecule has 0 saturated heterocycles. The van der Waals surface area contributed by atoms with Crippen molar-refractivity contribution >= 4 is 0 Å². The number of hydrogen-bond donors (Lipinski definition) is 1. The monoisotopic (exact) mass is 440 g/mol. The minimum absolute atomic E-state index is 0.0810. The second-order valence-corrected chi connectivity index (χ2v) is 13.4. The fourth-order valence-electron chi connectivity index (χ4n) is 9.72. The Morgan fingerprint density at radius 2 is 1.75 bits per heavy atom. The third-order valence-electron chi connectivity index (χ3n) is 12.2. The standard InChI is InChI=1S/C31H52O/c1-9-23(20(2)3)11-10-21(4)24-14-18-31(8)27-13-12-25-22(5)28(32)16-17-29(25,6)26(27)15-19-30(24,31)7/h21-25,28,32H,2,9-19H2,1,3-8H3/t21-,22+,23+,24-,25+,28+,29+,30-,31+/m1/s1. The minimum Gasteiger partial charge on any atom is -0.393 e. The van der Waals surface area contributed by atoms with E-state index in [1.165, 1.54) is 69.8 Å². The van der Waals surface area contributed by atoms with Crippen LogP contribution in [0, 0.1) is 45.8 Å². The summed E-state index contributed by atoms with van der Waals surface area (Å²) < 4.78 is 0. The molecule has 1 N–H and O–H groups in total. The molecule has 9 atom stereocenters. The number of allylic oxidation sites excluding steroid dienone is 3.